The van der Waals surface area contributed by atoms with Crippen LogP contribution in [0.15, 0.2) is 65.3 Å². The summed E-state index contributed by atoms with van der Waals surface area (Å²) in [7, 11) is 0. The zero-order valence-electron chi connectivity index (χ0n) is 22.3. The minimum atomic E-state index is -1.15. The van der Waals surface area contributed by atoms with E-state index in [0.29, 0.717) is 11.1 Å². The third-order valence-electron chi connectivity index (χ3n) is 5.99. The van der Waals surface area contributed by atoms with Crippen LogP contribution in [0, 0.1) is 10.1 Å². The number of carbonyl (C=O) groups excluding carboxylic acids is 4. The van der Waals surface area contributed by atoms with Gasteiger partial charge in [0.25, 0.3) is 11.6 Å². The van der Waals surface area contributed by atoms with Crippen molar-refractivity contribution < 1.29 is 33.6 Å². The third kappa shape index (κ3) is 6.98. The molecule has 14 heteroatoms. The molecule has 41 heavy (non-hydrogen) atoms. The van der Waals surface area contributed by atoms with Gasteiger partial charge in [0.05, 0.1) is 9.96 Å². The first-order valence-corrected chi connectivity index (χ1v) is 13.9. The summed E-state index contributed by atoms with van der Waals surface area (Å²) in [6.07, 6.45) is -0.803. The standard InChI is InChI=1S/C27H27ClN4O8S/c1-27(2,3)40-26(36)30-19(16-7-5-4-6-8-16)22(33)29-20-23(34)31-21(18(28)14-41-24(20)31)25(35)39-13-15-9-11-17(12-10-15)32(37)38/h4-12,19-20,24H,13-14H2,1-3H3,(H,29,33)(H,30,36)/t19-,20-,24-/m1/s1. The largest absolute Gasteiger partial charge is 0.456 e. The average Bonchev–Trinajstić information content (AvgIpc) is 2.92. The van der Waals surface area contributed by atoms with Crippen LogP contribution in [0.25, 0.3) is 0 Å². The molecule has 216 valence electrons. The van der Waals surface area contributed by atoms with E-state index in [1.165, 1.54) is 40.9 Å². The maximum atomic E-state index is 13.3. The van der Waals surface area contributed by atoms with E-state index in [-0.39, 0.29) is 28.8 Å². The fraction of sp³-hybridized carbons (Fsp3) is 0.333. The number of fused-ring (bicyclic) bond motifs is 1. The Labute approximate surface area is 244 Å². The molecule has 3 atom stereocenters. The fourth-order valence-corrected chi connectivity index (χ4v) is 5.66. The zero-order valence-corrected chi connectivity index (χ0v) is 23.9. The molecule has 0 bridgehead atoms. The second-order valence-corrected chi connectivity index (χ2v) is 11.7. The first-order chi connectivity index (χ1) is 19.4. The summed E-state index contributed by atoms with van der Waals surface area (Å²) in [6, 6.07) is 11.8. The Hall–Kier alpha value is -4.10. The molecule has 0 spiro atoms. The Morgan fingerprint density at radius 2 is 1.80 bits per heavy atom. The number of nitrogens with one attached hydrogen (secondary N) is 2. The van der Waals surface area contributed by atoms with Crippen molar-refractivity contribution in [2.45, 2.75) is 50.4 Å². The topological polar surface area (TPSA) is 157 Å². The van der Waals surface area contributed by atoms with Crippen molar-refractivity contribution in [1.29, 1.82) is 0 Å². The van der Waals surface area contributed by atoms with Gasteiger partial charge < -0.3 is 20.1 Å². The summed E-state index contributed by atoms with van der Waals surface area (Å²) >= 11 is 7.57. The molecule has 12 nitrogen and oxygen atoms in total. The van der Waals surface area contributed by atoms with Crippen molar-refractivity contribution in [2.75, 3.05) is 5.75 Å². The lowest BCUT2D eigenvalue weighted by atomic mass is 10.0. The van der Waals surface area contributed by atoms with Gasteiger partial charge in [-0.15, -0.1) is 11.8 Å². The number of benzene rings is 2. The predicted molar refractivity (Wildman–Crippen MR) is 149 cm³/mol. The zero-order chi connectivity index (χ0) is 29.9. The number of rotatable bonds is 8. The quantitative estimate of drug-likeness (QED) is 0.199. The van der Waals surface area contributed by atoms with Crippen molar-refractivity contribution in [3.8, 4) is 0 Å². The van der Waals surface area contributed by atoms with E-state index in [4.69, 9.17) is 21.1 Å². The summed E-state index contributed by atoms with van der Waals surface area (Å²) in [4.78, 5) is 63.4. The van der Waals surface area contributed by atoms with Gasteiger partial charge in [-0.3, -0.25) is 24.6 Å². The summed E-state index contributed by atoms with van der Waals surface area (Å²) in [5.74, 6) is -1.85. The van der Waals surface area contributed by atoms with Gasteiger partial charge in [0.2, 0.25) is 5.91 Å². The van der Waals surface area contributed by atoms with Gasteiger partial charge >= 0.3 is 12.1 Å². The van der Waals surface area contributed by atoms with Crippen LogP contribution in [-0.2, 0) is 30.5 Å². The van der Waals surface area contributed by atoms with Gasteiger partial charge in [0.1, 0.15) is 35.4 Å². The summed E-state index contributed by atoms with van der Waals surface area (Å²) in [5.41, 5.74) is -0.0337. The lowest BCUT2D eigenvalue weighted by Crippen LogP contribution is -2.71. The molecule has 0 saturated carbocycles. The number of alkyl carbamates (subject to hydrolysis) is 1. The van der Waals surface area contributed by atoms with E-state index in [1.807, 2.05) is 0 Å². The van der Waals surface area contributed by atoms with Crippen molar-refractivity contribution >= 4 is 52.9 Å². The van der Waals surface area contributed by atoms with Crippen LogP contribution >= 0.6 is 23.4 Å². The Morgan fingerprint density at radius 3 is 2.41 bits per heavy atom. The van der Waals surface area contributed by atoms with E-state index < -0.39 is 51.9 Å². The number of thioether (sulfide) groups is 1. The van der Waals surface area contributed by atoms with Gasteiger partial charge in [-0.2, -0.15) is 0 Å². The SMILES string of the molecule is CC(C)(C)OC(=O)N[C@@H](C(=O)N[C@@H]1C(=O)N2C(C(=O)OCc3ccc([N+](=O)[O-])cc3)=C(Cl)CS[C@H]12)c1ccccc1. The molecule has 0 aliphatic carbocycles. The Balaban J connectivity index is 1.43. The van der Waals surface area contributed by atoms with E-state index >= 15 is 0 Å². The van der Waals surface area contributed by atoms with Gasteiger partial charge in [0.15, 0.2) is 0 Å². The molecule has 2 N–H and O–H groups in total. The van der Waals surface area contributed by atoms with Gasteiger partial charge in [-0.1, -0.05) is 41.9 Å². The monoisotopic (exact) mass is 602 g/mol. The molecular weight excluding hydrogens is 576 g/mol. The van der Waals surface area contributed by atoms with Crippen molar-refractivity contribution in [2.24, 2.45) is 0 Å². The summed E-state index contributed by atoms with van der Waals surface area (Å²) in [5, 5.41) is 15.6. The molecule has 0 unspecified atom stereocenters. The predicted octanol–water partition coefficient (Wildman–Crippen LogP) is 3.75. The van der Waals surface area contributed by atoms with Crippen LogP contribution in [0.2, 0.25) is 0 Å². The molecule has 2 aromatic carbocycles. The minimum absolute atomic E-state index is 0.104. The van der Waals surface area contributed by atoms with E-state index in [0.717, 1.165) is 0 Å². The first kappa shape index (κ1) is 29.9. The molecule has 1 saturated heterocycles. The van der Waals surface area contributed by atoms with Crippen molar-refractivity contribution in [3.05, 3.63) is 86.6 Å². The number of amides is 3. The molecule has 3 amide bonds. The lowest BCUT2D eigenvalue weighted by molar-refractivity contribution is -0.384. The maximum absolute atomic E-state index is 13.3. The molecule has 2 aliphatic heterocycles. The van der Waals surface area contributed by atoms with E-state index in [9.17, 15) is 29.3 Å². The Bertz CT molecular complexity index is 1390. The molecule has 2 heterocycles. The number of β-lactam (4-membered cyclic amide) rings is 1. The minimum Gasteiger partial charge on any atom is -0.456 e. The molecule has 4 rings (SSSR count). The lowest BCUT2D eigenvalue weighted by Gasteiger charge is -2.49. The highest BCUT2D eigenvalue weighted by atomic mass is 35.5. The first-order valence-electron chi connectivity index (χ1n) is 12.4. The van der Waals surface area contributed by atoms with Crippen molar-refractivity contribution in [3.63, 3.8) is 0 Å². The number of nitro benzene ring substituents is 1. The molecule has 2 aromatic rings. The van der Waals surface area contributed by atoms with Gasteiger partial charge in [0, 0.05) is 17.9 Å². The smallest absolute Gasteiger partial charge is 0.408 e. The number of nitrogens with zero attached hydrogens (tertiary/aromatic N) is 2. The number of esters is 1. The van der Waals surface area contributed by atoms with Gasteiger partial charge in [-0.05, 0) is 44.0 Å². The Kier molecular flexibility index (Phi) is 8.88. The normalized spacial score (nSPS) is 18.9. The van der Waals surface area contributed by atoms with Crippen LogP contribution in [0.4, 0.5) is 10.5 Å². The number of non-ortho nitro benzene ring substituents is 1. The molecular formula is C27H27ClN4O8S. The molecule has 0 radical (unpaired) electrons. The fourth-order valence-electron chi connectivity index (χ4n) is 4.11. The number of hydrogen-bond acceptors (Lipinski definition) is 9. The van der Waals surface area contributed by atoms with Crippen LogP contribution in [0.1, 0.15) is 37.9 Å². The molecule has 1 fully saturated rings. The van der Waals surface area contributed by atoms with Crippen molar-refractivity contribution in [1.82, 2.24) is 15.5 Å². The van der Waals surface area contributed by atoms with Crippen LogP contribution < -0.4 is 10.6 Å². The second-order valence-electron chi connectivity index (χ2n) is 10.1. The maximum Gasteiger partial charge on any atom is 0.408 e. The van der Waals surface area contributed by atoms with Crippen LogP contribution in [0.5, 0.6) is 0 Å². The highest BCUT2D eigenvalue weighted by Gasteiger charge is 2.54. The highest BCUT2D eigenvalue weighted by molar-refractivity contribution is 8.00. The average molecular weight is 603 g/mol. The number of halogens is 1. The number of carbonyl (C=O) groups is 4. The molecule has 2 aliphatic rings. The van der Waals surface area contributed by atoms with Gasteiger partial charge in [-0.25, -0.2) is 9.59 Å². The number of nitro groups is 1. The molecule has 0 aromatic heterocycles. The number of ether oxygens (including phenoxy) is 2. The van der Waals surface area contributed by atoms with E-state index in [1.54, 1.807) is 51.1 Å². The summed E-state index contributed by atoms with van der Waals surface area (Å²) in [6.45, 7) is 4.89. The van der Waals surface area contributed by atoms with Crippen LogP contribution in [-0.4, -0.2) is 56.5 Å². The highest BCUT2D eigenvalue weighted by Crippen LogP contribution is 2.42. The Morgan fingerprint density at radius 1 is 1.15 bits per heavy atom. The van der Waals surface area contributed by atoms with Crippen LogP contribution in [0.3, 0.4) is 0 Å². The van der Waals surface area contributed by atoms with E-state index in [2.05, 4.69) is 10.6 Å². The third-order valence-corrected chi connectivity index (χ3v) is 7.74. The summed E-state index contributed by atoms with van der Waals surface area (Å²) < 4.78 is 10.6. The second kappa shape index (κ2) is 12.2. The number of hydrogen-bond donors (Lipinski definition) is 2.